The van der Waals surface area contributed by atoms with Crippen LogP contribution in [0.3, 0.4) is 0 Å². The maximum atomic E-state index is 15.3. The van der Waals surface area contributed by atoms with Crippen LogP contribution in [0.2, 0.25) is 0 Å². The molecule has 248 valence electrons. The van der Waals surface area contributed by atoms with Crippen molar-refractivity contribution >= 4 is 39.3 Å². The molecule has 4 fully saturated rings. The number of pyridine rings is 1. The third-order valence-electron chi connectivity index (χ3n) is 10.1. The number of aromatic hydroxyl groups is 1. The Morgan fingerprint density at radius 1 is 1.06 bits per heavy atom. The number of anilines is 1. The Bertz CT molecular complexity index is 1980. The van der Waals surface area contributed by atoms with E-state index in [0.29, 0.717) is 31.8 Å². The summed E-state index contributed by atoms with van der Waals surface area (Å²) in [5, 5.41) is 13.3. The highest BCUT2D eigenvalue weighted by Crippen LogP contribution is 2.44. The van der Waals surface area contributed by atoms with Crippen molar-refractivity contribution < 1.29 is 31.4 Å². The summed E-state index contributed by atoms with van der Waals surface area (Å²) >= 11 is 1.23. The van der Waals surface area contributed by atoms with E-state index in [4.69, 9.17) is 4.98 Å². The number of fused-ring (bicyclic) bond motifs is 5. The molecule has 8 rings (SSSR count). The highest BCUT2D eigenvalue weighted by molar-refractivity contribution is 7.99. The standard InChI is InChI=1S/C32H30F6N6O2S/c33-17-11-31(6-1-7-43(31)12-17)15-47-30-40-27-21(28(41-30)42-13-18-3-4-19(14-42)39-18)10-24(32(36,37)38)44(29(27)46)23-9-20(45)8-16-2-5-22(34)26(35)25(16)23/h2,5,8-10,17-19,39,45H,1,3-4,6-7,11-15H2/t17-,18-,19+,31+/m1/s1. The predicted octanol–water partition coefficient (Wildman–Crippen LogP) is 5.55. The number of phenols is 1. The molecule has 2 bridgehead atoms. The van der Waals surface area contributed by atoms with Crippen molar-refractivity contribution in [1.29, 1.82) is 0 Å². The Hall–Kier alpha value is -3.56. The van der Waals surface area contributed by atoms with E-state index in [9.17, 15) is 31.9 Å². The number of benzene rings is 2. The van der Waals surface area contributed by atoms with E-state index in [2.05, 4.69) is 15.2 Å². The molecule has 2 N–H and O–H groups in total. The molecule has 4 atom stereocenters. The number of aromatic nitrogens is 3. The van der Waals surface area contributed by atoms with Crippen LogP contribution in [0.1, 0.15) is 37.8 Å². The largest absolute Gasteiger partial charge is 0.508 e. The number of alkyl halides is 4. The van der Waals surface area contributed by atoms with Gasteiger partial charge in [0.15, 0.2) is 16.8 Å². The fourth-order valence-corrected chi connectivity index (χ4v) is 9.21. The van der Waals surface area contributed by atoms with E-state index in [1.54, 1.807) is 0 Å². The van der Waals surface area contributed by atoms with Crippen LogP contribution in [-0.4, -0.2) is 80.3 Å². The average molecular weight is 677 g/mol. The summed E-state index contributed by atoms with van der Waals surface area (Å²) in [6.45, 7) is 2.03. The second-order valence-corrected chi connectivity index (χ2v) is 14.0. The Morgan fingerprint density at radius 3 is 2.57 bits per heavy atom. The molecule has 0 spiro atoms. The van der Waals surface area contributed by atoms with Crippen molar-refractivity contribution in [2.24, 2.45) is 0 Å². The summed E-state index contributed by atoms with van der Waals surface area (Å²) in [5.74, 6) is -2.72. The molecular weight excluding hydrogens is 646 g/mol. The molecule has 2 aromatic heterocycles. The van der Waals surface area contributed by atoms with Gasteiger partial charge in [0.25, 0.3) is 5.56 Å². The van der Waals surface area contributed by atoms with E-state index in [1.165, 1.54) is 11.8 Å². The van der Waals surface area contributed by atoms with Crippen LogP contribution in [0.5, 0.6) is 5.75 Å². The zero-order valence-electron chi connectivity index (χ0n) is 25.0. The number of rotatable bonds is 5. The van der Waals surface area contributed by atoms with Gasteiger partial charge in [0.1, 0.15) is 28.9 Å². The second-order valence-electron chi connectivity index (χ2n) is 13.1. The molecule has 0 saturated carbocycles. The van der Waals surface area contributed by atoms with Gasteiger partial charge >= 0.3 is 6.18 Å². The smallest absolute Gasteiger partial charge is 0.431 e. The number of thioether (sulfide) groups is 1. The monoisotopic (exact) mass is 676 g/mol. The highest BCUT2D eigenvalue weighted by atomic mass is 32.2. The molecule has 15 heteroatoms. The number of phenolic OH excluding ortho intramolecular Hbond substituents is 1. The first-order valence-corrected chi connectivity index (χ1v) is 16.6. The Kier molecular flexibility index (Phi) is 7.19. The van der Waals surface area contributed by atoms with E-state index in [1.807, 2.05) is 4.90 Å². The van der Waals surface area contributed by atoms with Crippen LogP contribution in [0.4, 0.5) is 32.2 Å². The minimum Gasteiger partial charge on any atom is -0.508 e. The lowest BCUT2D eigenvalue weighted by molar-refractivity contribution is -0.142. The lowest BCUT2D eigenvalue weighted by Gasteiger charge is -2.34. The Balaban J connectivity index is 1.35. The molecule has 0 unspecified atom stereocenters. The fourth-order valence-electron chi connectivity index (χ4n) is 8.06. The Morgan fingerprint density at radius 2 is 1.83 bits per heavy atom. The zero-order chi connectivity index (χ0) is 32.8. The van der Waals surface area contributed by atoms with Gasteiger partial charge in [0, 0.05) is 54.5 Å². The van der Waals surface area contributed by atoms with Crippen molar-refractivity contribution in [2.45, 2.75) is 67.2 Å². The fraction of sp³-hybridized carbons (Fsp3) is 0.469. The summed E-state index contributed by atoms with van der Waals surface area (Å²) in [4.78, 5) is 27.6. The normalized spacial score (nSPS) is 26.2. The third-order valence-corrected chi connectivity index (χ3v) is 11.2. The molecule has 0 radical (unpaired) electrons. The van der Waals surface area contributed by atoms with E-state index in [-0.39, 0.29) is 43.9 Å². The first-order valence-electron chi connectivity index (χ1n) is 15.6. The zero-order valence-corrected chi connectivity index (χ0v) is 25.8. The van der Waals surface area contributed by atoms with Crippen molar-refractivity contribution in [3.63, 3.8) is 0 Å². The molecular formula is C32H30F6N6O2S. The van der Waals surface area contributed by atoms with Gasteiger partial charge in [-0.3, -0.25) is 14.3 Å². The van der Waals surface area contributed by atoms with Gasteiger partial charge in [-0.25, -0.2) is 23.1 Å². The minimum atomic E-state index is -5.13. The quantitative estimate of drug-likeness (QED) is 0.162. The van der Waals surface area contributed by atoms with Crippen LogP contribution in [0.25, 0.3) is 27.4 Å². The summed E-state index contributed by atoms with van der Waals surface area (Å²) in [6, 6.07) is 4.75. The summed E-state index contributed by atoms with van der Waals surface area (Å²) < 4.78 is 89.0. The number of nitrogens with one attached hydrogen (secondary N) is 1. The maximum Gasteiger partial charge on any atom is 0.431 e. The van der Waals surface area contributed by atoms with Crippen LogP contribution < -0.4 is 15.8 Å². The van der Waals surface area contributed by atoms with Gasteiger partial charge in [-0.15, -0.1) is 0 Å². The van der Waals surface area contributed by atoms with Gasteiger partial charge in [-0.05, 0) is 62.2 Å². The predicted molar refractivity (Wildman–Crippen MR) is 165 cm³/mol. The molecule has 4 aliphatic heterocycles. The van der Waals surface area contributed by atoms with Gasteiger partial charge in [-0.1, -0.05) is 17.8 Å². The van der Waals surface area contributed by atoms with Crippen molar-refractivity contribution in [2.75, 3.05) is 36.8 Å². The lowest BCUT2D eigenvalue weighted by Crippen LogP contribution is -2.51. The summed E-state index contributed by atoms with van der Waals surface area (Å²) in [5.41, 5.74) is -4.08. The molecule has 0 aliphatic carbocycles. The molecule has 8 nitrogen and oxygen atoms in total. The number of nitrogens with zero attached hydrogens (tertiary/aromatic N) is 5. The van der Waals surface area contributed by atoms with Crippen molar-refractivity contribution in [3.8, 4) is 11.4 Å². The lowest BCUT2D eigenvalue weighted by atomic mass is 9.96. The second kappa shape index (κ2) is 11.0. The van der Waals surface area contributed by atoms with Gasteiger partial charge in [0.2, 0.25) is 0 Å². The summed E-state index contributed by atoms with van der Waals surface area (Å²) in [6.07, 6.45) is -2.24. The van der Waals surface area contributed by atoms with Crippen LogP contribution in [0, 0.1) is 11.6 Å². The molecule has 0 amide bonds. The van der Waals surface area contributed by atoms with Gasteiger partial charge in [0.05, 0.1) is 11.1 Å². The number of hydrogen-bond acceptors (Lipinski definition) is 8. The maximum absolute atomic E-state index is 15.3. The topological polar surface area (TPSA) is 86.5 Å². The molecule has 4 aliphatic rings. The number of hydrogen-bond donors (Lipinski definition) is 2. The molecule has 4 aromatic rings. The van der Waals surface area contributed by atoms with E-state index >= 15 is 4.39 Å². The molecule has 47 heavy (non-hydrogen) atoms. The van der Waals surface area contributed by atoms with Crippen LogP contribution in [-0.2, 0) is 6.18 Å². The van der Waals surface area contributed by atoms with Crippen molar-refractivity contribution in [3.05, 3.63) is 58.0 Å². The van der Waals surface area contributed by atoms with Crippen LogP contribution >= 0.6 is 11.8 Å². The van der Waals surface area contributed by atoms with Crippen LogP contribution in [0.15, 0.2) is 40.3 Å². The van der Waals surface area contributed by atoms with Crippen molar-refractivity contribution in [1.82, 2.24) is 24.8 Å². The van der Waals surface area contributed by atoms with Gasteiger partial charge < -0.3 is 15.3 Å². The number of piperazine rings is 1. The number of halogens is 6. The van der Waals surface area contributed by atoms with E-state index < -0.39 is 57.6 Å². The minimum absolute atomic E-state index is 0.0970. The average Bonchev–Trinajstić information content (AvgIpc) is 3.67. The molecule has 4 saturated heterocycles. The molecule has 2 aromatic carbocycles. The van der Waals surface area contributed by atoms with Gasteiger partial charge in [-0.2, -0.15) is 13.2 Å². The Labute approximate surface area is 268 Å². The first-order chi connectivity index (χ1) is 22.4. The SMILES string of the molecule is O=c1c2nc(SC[C@@]34CCCN3C[C@H](F)C4)nc(N3C[C@H]4CC[C@@H](C3)N4)c2cc(C(F)(F)F)n1-c1cc(O)cc2ccc(F)c(F)c12. The third kappa shape index (κ3) is 5.12. The highest BCUT2D eigenvalue weighted by Gasteiger charge is 2.48. The summed E-state index contributed by atoms with van der Waals surface area (Å²) in [7, 11) is 0. The first kappa shape index (κ1) is 30.8. The van der Waals surface area contributed by atoms with E-state index in [0.717, 1.165) is 62.6 Å². The molecule has 6 heterocycles.